The topological polar surface area (TPSA) is 64.9 Å². The van der Waals surface area contributed by atoms with Gasteiger partial charge in [-0.15, -0.1) is 0 Å². The summed E-state index contributed by atoms with van der Waals surface area (Å²) in [5.41, 5.74) is 2.24. The van der Waals surface area contributed by atoms with Crippen molar-refractivity contribution >= 4 is 17.4 Å². The van der Waals surface area contributed by atoms with Gasteiger partial charge in [-0.3, -0.25) is 4.90 Å². The largest absolute Gasteiger partial charge is 0.411 e. The average Bonchev–Trinajstić information content (AvgIpc) is 2.43. The molecule has 18 heavy (non-hydrogen) atoms. The Hall–Kier alpha value is -2.04. The predicted octanol–water partition coefficient (Wildman–Crippen LogP) is 2.19. The predicted molar refractivity (Wildman–Crippen MR) is 70.4 cm³/mol. The van der Waals surface area contributed by atoms with E-state index in [2.05, 4.69) is 10.5 Å². The lowest BCUT2D eigenvalue weighted by molar-refractivity contribution is 0.246. The van der Waals surface area contributed by atoms with Crippen molar-refractivity contribution < 1.29 is 10.0 Å². The number of oxime groups is 1. The summed E-state index contributed by atoms with van der Waals surface area (Å²) in [5, 5.41) is 15.1. The van der Waals surface area contributed by atoms with Gasteiger partial charge in [0.15, 0.2) is 0 Å². The molecule has 2 amide bonds. The molecule has 0 aliphatic carbocycles. The van der Waals surface area contributed by atoms with Crippen LogP contribution in [0.15, 0.2) is 29.4 Å². The highest BCUT2D eigenvalue weighted by molar-refractivity contribution is 6.10. The van der Waals surface area contributed by atoms with Gasteiger partial charge in [0.05, 0.1) is 11.4 Å². The second kappa shape index (κ2) is 5.53. The Morgan fingerprint density at radius 3 is 3.00 bits per heavy atom. The van der Waals surface area contributed by atoms with E-state index in [9.17, 15) is 4.79 Å². The number of fused-ring (bicyclic) bond motifs is 1. The Morgan fingerprint density at radius 2 is 2.28 bits per heavy atom. The lowest BCUT2D eigenvalue weighted by Gasteiger charge is -2.29. The van der Waals surface area contributed by atoms with Crippen LogP contribution in [0.5, 0.6) is 0 Å². The van der Waals surface area contributed by atoms with Crippen LogP contribution < -0.4 is 10.2 Å². The molecule has 0 aromatic heterocycles. The zero-order chi connectivity index (χ0) is 13.0. The third-order valence-electron chi connectivity index (χ3n) is 2.97. The molecule has 5 heteroatoms. The van der Waals surface area contributed by atoms with Gasteiger partial charge in [0.1, 0.15) is 0 Å². The summed E-state index contributed by atoms with van der Waals surface area (Å²) in [7, 11) is 0. The Kier molecular flexibility index (Phi) is 3.82. The van der Waals surface area contributed by atoms with E-state index in [1.165, 1.54) is 0 Å². The number of benzene rings is 1. The summed E-state index contributed by atoms with van der Waals surface area (Å²) in [6, 6.07) is 7.38. The Balaban J connectivity index is 2.28. The first kappa shape index (κ1) is 12.4. The third kappa shape index (κ3) is 2.30. The van der Waals surface area contributed by atoms with E-state index in [-0.39, 0.29) is 6.03 Å². The number of carbonyl (C=O) groups is 1. The van der Waals surface area contributed by atoms with Crippen molar-refractivity contribution in [3.8, 4) is 0 Å². The van der Waals surface area contributed by atoms with E-state index in [4.69, 9.17) is 5.21 Å². The highest BCUT2D eigenvalue weighted by atomic mass is 16.4. The van der Waals surface area contributed by atoms with Gasteiger partial charge < -0.3 is 10.5 Å². The molecule has 1 aliphatic rings. The summed E-state index contributed by atoms with van der Waals surface area (Å²) >= 11 is 0. The van der Waals surface area contributed by atoms with Crippen LogP contribution in [0.3, 0.4) is 0 Å². The minimum absolute atomic E-state index is 0.0960. The number of rotatable bonds is 2. The van der Waals surface area contributed by atoms with Crippen LogP contribution in [-0.4, -0.2) is 30.0 Å². The van der Waals surface area contributed by atoms with Crippen LogP contribution >= 0.6 is 0 Å². The van der Waals surface area contributed by atoms with Crippen molar-refractivity contribution in [3.05, 3.63) is 29.8 Å². The van der Waals surface area contributed by atoms with Crippen LogP contribution in [0.2, 0.25) is 0 Å². The van der Waals surface area contributed by atoms with Crippen molar-refractivity contribution in [2.24, 2.45) is 5.16 Å². The first-order valence-corrected chi connectivity index (χ1v) is 6.13. The van der Waals surface area contributed by atoms with Gasteiger partial charge in [-0.1, -0.05) is 30.3 Å². The molecular formula is C13H17N3O2. The van der Waals surface area contributed by atoms with Crippen LogP contribution in [0.25, 0.3) is 0 Å². The van der Waals surface area contributed by atoms with Crippen molar-refractivity contribution in [1.82, 2.24) is 5.32 Å². The van der Waals surface area contributed by atoms with Gasteiger partial charge in [0.2, 0.25) is 0 Å². The van der Waals surface area contributed by atoms with Gasteiger partial charge in [0, 0.05) is 25.1 Å². The molecule has 2 N–H and O–H groups in total. The molecule has 0 saturated carbocycles. The van der Waals surface area contributed by atoms with Gasteiger partial charge in [-0.2, -0.15) is 0 Å². The van der Waals surface area contributed by atoms with Gasteiger partial charge in [-0.05, 0) is 12.5 Å². The summed E-state index contributed by atoms with van der Waals surface area (Å²) < 4.78 is 0. The first-order valence-electron chi connectivity index (χ1n) is 6.13. The number of nitrogens with zero attached hydrogens (tertiary/aromatic N) is 2. The summed E-state index contributed by atoms with van der Waals surface area (Å²) in [4.78, 5) is 13.7. The van der Waals surface area contributed by atoms with Crippen LogP contribution in [0.1, 0.15) is 25.3 Å². The van der Waals surface area contributed by atoms with Crippen molar-refractivity contribution in [2.45, 2.75) is 19.8 Å². The van der Waals surface area contributed by atoms with E-state index in [0.29, 0.717) is 25.2 Å². The Bertz CT molecular complexity index is 471. The van der Waals surface area contributed by atoms with Gasteiger partial charge >= 0.3 is 6.03 Å². The molecule has 0 unspecified atom stereocenters. The molecule has 0 bridgehead atoms. The number of hydrogen-bond donors (Lipinski definition) is 2. The molecule has 0 saturated heterocycles. The van der Waals surface area contributed by atoms with Gasteiger partial charge in [0.25, 0.3) is 0 Å². The molecule has 2 rings (SSSR count). The van der Waals surface area contributed by atoms with E-state index in [1.807, 2.05) is 31.2 Å². The zero-order valence-electron chi connectivity index (χ0n) is 10.4. The number of hydrogen-bond acceptors (Lipinski definition) is 3. The molecule has 1 aromatic carbocycles. The third-order valence-corrected chi connectivity index (χ3v) is 2.97. The highest BCUT2D eigenvalue weighted by Crippen LogP contribution is 2.27. The van der Waals surface area contributed by atoms with E-state index >= 15 is 0 Å². The number of anilines is 1. The standard InChI is InChI=1S/C13H17N3O2/c1-2-8-14-13(17)16-9-7-11(15-18)10-5-3-4-6-12(10)16/h3-6,18H,2,7-9H2,1H3,(H,14,17). The maximum atomic E-state index is 12.0. The molecule has 0 spiro atoms. The summed E-state index contributed by atoms with van der Waals surface area (Å²) in [5.74, 6) is 0. The highest BCUT2D eigenvalue weighted by Gasteiger charge is 2.25. The smallest absolute Gasteiger partial charge is 0.321 e. The Morgan fingerprint density at radius 1 is 1.50 bits per heavy atom. The monoisotopic (exact) mass is 247 g/mol. The first-order chi connectivity index (χ1) is 8.77. The quantitative estimate of drug-likeness (QED) is 0.621. The maximum absolute atomic E-state index is 12.0. The molecule has 1 aliphatic heterocycles. The molecule has 0 radical (unpaired) electrons. The van der Waals surface area contributed by atoms with Crippen LogP contribution in [0, 0.1) is 0 Å². The van der Waals surface area contributed by atoms with Crippen molar-refractivity contribution in [1.29, 1.82) is 0 Å². The van der Waals surface area contributed by atoms with Crippen LogP contribution in [0.4, 0.5) is 10.5 Å². The van der Waals surface area contributed by atoms with E-state index < -0.39 is 0 Å². The maximum Gasteiger partial charge on any atom is 0.321 e. The fourth-order valence-electron chi connectivity index (χ4n) is 2.07. The Labute approximate surface area is 106 Å². The molecule has 0 atom stereocenters. The fraction of sp³-hybridized carbons (Fsp3) is 0.385. The molecular weight excluding hydrogens is 230 g/mol. The molecule has 96 valence electrons. The number of carbonyl (C=O) groups excluding carboxylic acids is 1. The zero-order valence-corrected chi connectivity index (χ0v) is 10.4. The minimum Gasteiger partial charge on any atom is -0.411 e. The van der Waals surface area contributed by atoms with Crippen molar-refractivity contribution in [2.75, 3.05) is 18.0 Å². The number of urea groups is 1. The summed E-state index contributed by atoms with van der Waals surface area (Å²) in [6.07, 6.45) is 1.47. The normalized spacial score (nSPS) is 16.5. The van der Waals surface area contributed by atoms with Gasteiger partial charge in [-0.25, -0.2) is 4.79 Å². The molecule has 0 fully saturated rings. The van der Waals surface area contributed by atoms with Crippen molar-refractivity contribution in [3.63, 3.8) is 0 Å². The molecule has 5 nitrogen and oxygen atoms in total. The second-order valence-corrected chi connectivity index (χ2v) is 4.20. The lowest BCUT2D eigenvalue weighted by Crippen LogP contribution is -2.44. The van der Waals surface area contributed by atoms with E-state index in [0.717, 1.165) is 17.7 Å². The molecule has 1 aromatic rings. The van der Waals surface area contributed by atoms with Crippen LogP contribution in [-0.2, 0) is 0 Å². The fourth-order valence-corrected chi connectivity index (χ4v) is 2.07. The number of amides is 2. The minimum atomic E-state index is -0.0960. The summed E-state index contributed by atoms with van der Waals surface area (Å²) in [6.45, 7) is 3.21. The average molecular weight is 247 g/mol. The number of nitrogens with one attached hydrogen (secondary N) is 1. The lowest BCUT2D eigenvalue weighted by atomic mass is 10.00. The second-order valence-electron chi connectivity index (χ2n) is 4.20. The van der Waals surface area contributed by atoms with E-state index in [1.54, 1.807) is 4.90 Å². The number of para-hydroxylation sites is 1. The molecule has 1 heterocycles. The SMILES string of the molecule is CCCNC(=O)N1CCC(=NO)c2ccccc21.